The number of ether oxygens (including phenoxy) is 10. The lowest BCUT2D eigenvalue weighted by Gasteiger charge is -2.57. The molecule has 20 aliphatic rings. The molecule has 5 saturated heterocycles. The highest BCUT2D eigenvalue weighted by molar-refractivity contribution is 6.75. The van der Waals surface area contributed by atoms with Crippen molar-refractivity contribution >= 4 is 48.6 Å². The van der Waals surface area contributed by atoms with Gasteiger partial charge in [0.15, 0.2) is 48.1 Å². The summed E-state index contributed by atoms with van der Waals surface area (Å²) in [5, 5.41) is 73.6. The lowest BCUT2D eigenvalue weighted by Crippen LogP contribution is -2.58. The summed E-state index contributed by atoms with van der Waals surface area (Å²) in [5.74, 6) is 1.04. The molecule has 3 spiro atoms. The number of hydrogen-bond donors (Lipinski definition) is 7. The molecule has 36 atom stereocenters. The van der Waals surface area contributed by atoms with Gasteiger partial charge in [-0.05, 0) is 346 Å². The Morgan fingerprint density at radius 1 is 0.376 bits per heavy atom. The number of Topliss-reactive ketones (excluding diaryl/α,β-unsaturated/α-hetero) is 1. The Kier molecular flexibility index (Phi) is 34.4. The third kappa shape index (κ3) is 21.3. The second kappa shape index (κ2) is 42.9. The summed E-state index contributed by atoms with van der Waals surface area (Å²) in [6, 6.07) is 0. The maximum absolute atomic E-state index is 13.2. The van der Waals surface area contributed by atoms with Crippen LogP contribution < -0.4 is 0 Å². The van der Waals surface area contributed by atoms with Crippen molar-refractivity contribution in [2.24, 2.45) is 143 Å². The second-order valence-electron chi connectivity index (χ2n) is 59.9. The van der Waals surface area contributed by atoms with Gasteiger partial charge >= 0.3 is 17.9 Å². The van der Waals surface area contributed by atoms with Gasteiger partial charge in [0.25, 0.3) is 0 Å². The molecule has 15 saturated carbocycles. The maximum Gasteiger partial charge on any atom is 0.306 e. The third-order valence-corrected chi connectivity index (χ3v) is 63.1. The van der Waals surface area contributed by atoms with Gasteiger partial charge in [-0.3, -0.25) is 19.2 Å². The Balaban J connectivity index is 0.000000134. The number of esters is 3. The van der Waals surface area contributed by atoms with E-state index in [2.05, 4.69) is 170 Å². The summed E-state index contributed by atoms with van der Waals surface area (Å²) >= 11 is 0. The highest BCUT2D eigenvalue weighted by Crippen LogP contribution is 2.73. The molecule has 0 amide bonds. The number of allylic oxidation sites excluding steroid dienone is 1. The van der Waals surface area contributed by atoms with Gasteiger partial charge in [0.1, 0.15) is 24.1 Å². The fraction of sp³-hybridized carbons (Fsp3) is 0.951. The molecule has 0 radical (unpaired) electrons. The number of carbonyl (C=O) groups excluding carboxylic acids is 4. The average Bonchev–Trinajstić information content (AvgIpc) is 1.57. The predicted octanol–water partition coefficient (Wildman–Crippen LogP) is 23.4. The van der Waals surface area contributed by atoms with E-state index in [1.54, 1.807) is 0 Å². The van der Waals surface area contributed by atoms with Gasteiger partial charge < -0.3 is 96.4 Å². The molecule has 0 bridgehead atoms. The van der Waals surface area contributed by atoms with Gasteiger partial charge in [-0.25, -0.2) is 0 Å². The van der Waals surface area contributed by atoms with Crippen LogP contribution in [0.4, 0.5) is 0 Å². The van der Waals surface area contributed by atoms with E-state index in [-0.39, 0.29) is 209 Å². The van der Waals surface area contributed by atoms with Crippen molar-refractivity contribution in [2.45, 2.75) is 528 Å². The summed E-state index contributed by atoms with van der Waals surface area (Å²) in [6.07, 6.45) is 34.1. The first-order valence-electron chi connectivity index (χ1n) is 60.1. The van der Waals surface area contributed by atoms with Crippen molar-refractivity contribution < 1.29 is 116 Å². The Labute approximate surface area is 901 Å². The van der Waals surface area contributed by atoms with Gasteiger partial charge in [-0.15, -0.1) is 0 Å². The highest BCUT2D eigenvalue weighted by Gasteiger charge is 2.74. The van der Waals surface area contributed by atoms with Crippen LogP contribution in [-0.4, -0.2) is 228 Å². The largest absolute Gasteiger partial charge is 0.462 e. The number of ketones is 1. The molecular formula is C122H210O24Si3. The van der Waals surface area contributed by atoms with Crippen LogP contribution in [0.2, 0.25) is 54.4 Å². The summed E-state index contributed by atoms with van der Waals surface area (Å²) in [7, 11) is -5.53. The molecule has 0 aromatic carbocycles. The lowest BCUT2D eigenvalue weighted by atomic mass is 9.51. The van der Waals surface area contributed by atoms with Crippen molar-refractivity contribution in [3.05, 3.63) is 12.2 Å². The molecule has 20 fully saturated rings. The van der Waals surface area contributed by atoms with Crippen LogP contribution in [0, 0.1) is 143 Å². The topological polar surface area (TPSA) is 330 Å². The summed E-state index contributed by atoms with van der Waals surface area (Å²) < 4.78 is 83.3. The molecule has 24 nitrogen and oxygen atoms in total. The zero-order valence-corrected chi connectivity index (χ0v) is 101. The van der Waals surface area contributed by atoms with E-state index in [1.807, 2.05) is 13.8 Å². The standard InChI is InChI=1S/C28H50O6Si.C28H50O5Si.C27H46O5Si.C20H32O5.C19H32O3/c1-19(30)33-24-22(10-13-27(6)23(24)11-14-28(27)31-15-16-32-28)26(5)12-9-21(17-20(26)18-29)34-35(7,8)25(2,3)4;1-24(2,3)34(7,8)33-20-9-12-25(4)19(17-20)18-27(6,29)32-23-21(25)10-13-26(5)22(23)11-14-28(26)30-15-16-31-28;1-24(2,3)33(6,7)32-19-8-11-25(4)18(16-19)17-22(28)31-23-20(25)9-12-26(5)21(23)10-13-27(26)29-14-15-30-27;1-12(22)25-18-15-4-5-17(24)20(15,3)9-7-16(18)19(2)8-6-14(23)10-13(19)11-21;1-12-4-5-15-17(22)16(7-9-18(12,15)2)19(3)8-6-14(21)10-13(19)11-20/h20-24,29H,9-18H2,1-8H3;19-23,29H,9-18H2,1-8H3;18-21,23H,8-17H2,1-7H3;13-16,18,21,23H,4-11H2,1-3H3;13-17,20-22H,1,4-11H2,2-3H3/t20-,21+,22?,23?,24-,26+,27+;19?,20-,21?,22?,23?,25-,26-,27?;18?,19-,20?,21?,23?,25-,26-;13-,14+,15?,16?,18+,19+,20+;13-,14+,15?,16?,17+,18-,19+/m10011/s1. The Morgan fingerprint density at radius 3 is 1.16 bits per heavy atom. The zero-order valence-electron chi connectivity index (χ0n) is 98.2. The molecule has 15 unspecified atom stereocenters. The van der Waals surface area contributed by atoms with Gasteiger partial charge in [0.2, 0.25) is 0 Å². The van der Waals surface area contributed by atoms with E-state index in [9.17, 15) is 54.9 Å². The van der Waals surface area contributed by atoms with E-state index >= 15 is 0 Å². The minimum absolute atomic E-state index is 0.000712. The minimum Gasteiger partial charge on any atom is -0.462 e. The minimum atomic E-state index is -1.88. The number of aliphatic hydroxyl groups excluding tert-OH is 6. The number of fused-ring (bicyclic) bond motifs is 16. The Hall–Kier alpha value is -2.21. The van der Waals surface area contributed by atoms with Crippen molar-refractivity contribution in [3.8, 4) is 0 Å². The second-order valence-corrected chi connectivity index (χ2v) is 74.2. The van der Waals surface area contributed by atoms with Crippen LogP contribution in [-0.2, 0) is 79.8 Å². The molecule has 854 valence electrons. The lowest BCUT2D eigenvalue weighted by molar-refractivity contribution is -0.282. The number of carbonyl (C=O) groups is 4. The van der Waals surface area contributed by atoms with Crippen LogP contribution in [0.25, 0.3) is 0 Å². The molecule has 7 N–H and O–H groups in total. The molecule has 149 heavy (non-hydrogen) atoms. The van der Waals surface area contributed by atoms with Crippen LogP contribution in [0.15, 0.2) is 12.2 Å². The van der Waals surface area contributed by atoms with Gasteiger partial charge in [0, 0.05) is 148 Å². The molecule has 0 aromatic heterocycles. The quantitative estimate of drug-likeness (QED) is 0.0368. The molecule has 15 aliphatic carbocycles. The predicted molar refractivity (Wildman–Crippen MR) is 584 cm³/mol. The first-order valence-corrected chi connectivity index (χ1v) is 68.8. The Bertz CT molecular complexity index is 4660. The molecule has 5 aliphatic heterocycles. The molecular weight excluding hydrogens is 1930 g/mol. The molecule has 27 heteroatoms. The first kappa shape index (κ1) is 119. The molecule has 20 rings (SSSR count). The monoisotopic (exact) mass is 2140 g/mol. The van der Waals surface area contributed by atoms with Gasteiger partial charge in [0.05, 0.1) is 64.1 Å². The smallest absolute Gasteiger partial charge is 0.306 e. The van der Waals surface area contributed by atoms with Gasteiger partial charge in [-0.1, -0.05) is 144 Å². The van der Waals surface area contributed by atoms with E-state index < -0.39 is 48.1 Å². The fourth-order valence-electron chi connectivity index (χ4n) is 36.5. The normalized spacial score (nSPS) is 46.7. The van der Waals surface area contributed by atoms with E-state index in [0.29, 0.717) is 125 Å². The fourth-order valence-corrected chi connectivity index (χ4v) is 40.7. The van der Waals surface area contributed by atoms with E-state index in [1.165, 1.54) is 25.8 Å². The maximum atomic E-state index is 13.2. The number of rotatable bonds is 14. The highest BCUT2D eigenvalue weighted by atomic mass is 28.4. The Morgan fingerprint density at radius 2 is 0.718 bits per heavy atom. The zero-order chi connectivity index (χ0) is 109. The average molecular weight is 2150 g/mol. The van der Waals surface area contributed by atoms with Crippen molar-refractivity contribution in [1.82, 2.24) is 0 Å². The van der Waals surface area contributed by atoms with Crippen molar-refractivity contribution in [2.75, 3.05) is 59.5 Å². The van der Waals surface area contributed by atoms with Crippen molar-refractivity contribution in [1.29, 1.82) is 0 Å². The first-order chi connectivity index (χ1) is 69.2. The van der Waals surface area contributed by atoms with Crippen LogP contribution in [0.5, 0.6) is 0 Å². The van der Waals surface area contributed by atoms with Crippen LogP contribution in [0.1, 0.15) is 390 Å². The van der Waals surface area contributed by atoms with E-state index in [0.717, 1.165) is 199 Å². The summed E-state index contributed by atoms with van der Waals surface area (Å²) in [4.78, 5) is 49.8. The van der Waals surface area contributed by atoms with Crippen molar-refractivity contribution in [3.63, 3.8) is 0 Å². The number of hydrogen-bond acceptors (Lipinski definition) is 24. The van der Waals surface area contributed by atoms with Crippen LogP contribution in [0.3, 0.4) is 0 Å². The summed E-state index contributed by atoms with van der Waals surface area (Å²) in [6.45, 7) is 71.4. The third-order valence-electron chi connectivity index (χ3n) is 49.5. The van der Waals surface area contributed by atoms with Crippen LogP contribution >= 0.6 is 0 Å². The SMILES string of the molecule is C=C1CCC2[C@H](O)C([C@@]3(C)CC[C@H](O)C[C@@H]3CO)CC[C@]12C.CC(=O)O[C@H]1C2CCC(=O)[C@@]2(C)CCC1[C@@]1(C)CC[C@H](O)C[C@@H]1CO.CC(=O)O[C@H]1C2CCC3(OCCO3)[C@@]2(C)CCC1[C@@]1(C)CC[C@H](O[Si](C)(C)C(C)(C)C)C[C@@H]1CO.CC(C)(C)[Si](C)(C)O[C@H]1CC[C@@]2(C)C(CC(=O)OC3C2CC[C@@]2(C)C3CCC23OCCO3)C1.CC1(O)CC2C[C@@H](O[Si](C)(C)C(C)(C)C)CC[C@]2(C)C2CC[C@@]3(C)C(CCC34OCCO4)C2O1. The van der Waals surface area contributed by atoms with E-state index in [4.69, 9.17) is 60.6 Å². The summed E-state index contributed by atoms with van der Waals surface area (Å²) in [5.41, 5.74) is 0.752. The number of aliphatic hydroxyl groups is 7. The van der Waals surface area contributed by atoms with Gasteiger partial charge in [-0.2, -0.15) is 0 Å². The molecule has 0 aromatic rings. The molecule has 5 heterocycles.